The van der Waals surface area contributed by atoms with Gasteiger partial charge in [-0.1, -0.05) is 25.1 Å². The molecule has 0 saturated heterocycles. The van der Waals surface area contributed by atoms with Gasteiger partial charge in [0.1, 0.15) is 0 Å². The Morgan fingerprint density at radius 1 is 1.25 bits per heavy atom. The maximum Gasteiger partial charge on any atom is 0.338 e. The maximum atomic E-state index is 11.7. The summed E-state index contributed by atoms with van der Waals surface area (Å²) in [4.78, 5) is 23.3. The Labute approximate surface area is 94.4 Å². The second kappa shape index (κ2) is 4.47. The first kappa shape index (κ1) is 10.9. The lowest BCUT2D eigenvalue weighted by Crippen LogP contribution is -2.24. The van der Waals surface area contributed by atoms with Gasteiger partial charge in [0, 0.05) is 5.92 Å². The summed E-state index contributed by atoms with van der Waals surface area (Å²) in [5, 5.41) is 0. The van der Waals surface area contributed by atoms with Gasteiger partial charge >= 0.3 is 5.97 Å². The lowest BCUT2D eigenvalue weighted by atomic mass is 10.1. The third-order valence-corrected chi connectivity index (χ3v) is 2.92. The van der Waals surface area contributed by atoms with E-state index in [1.807, 2.05) is 13.0 Å². The molecular weight excluding hydrogens is 204 g/mol. The monoisotopic (exact) mass is 218 g/mol. The summed E-state index contributed by atoms with van der Waals surface area (Å²) in [6.07, 6.45) is 0.923. The number of benzene rings is 1. The quantitative estimate of drug-likeness (QED) is 0.715. The smallest absolute Gasteiger partial charge is 0.338 e. The molecule has 1 saturated carbocycles. The number of ketones is 1. The number of hydrogen-bond acceptors (Lipinski definition) is 3. The highest BCUT2D eigenvalue weighted by molar-refractivity contribution is 5.94. The van der Waals surface area contributed by atoms with Crippen LogP contribution in [0.15, 0.2) is 30.3 Å². The molecule has 0 aromatic heterocycles. The molecule has 84 valence electrons. The molecule has 0 spiro atoms. The first-order valence-electron chi connectivity index (χ1n) is 5.48. The minimum Gasteiger partial charge on any atom is -0.451 e. The molecule has 1 aromatic rings. The number of esters is 1. The van der Waals surface area contributed by atoms with E-state index >= 15 is 0 Å². The van der Waals surface area contributed by atoms with Gasteiger partial charge in [0.15, 0.2) is 11.9 Å². The van der Waals surface area contributed by atoms with Crippen molar-refractivity contribution in [2.75, 3.05) is 0 Å². The van der Waals surface area contributed by atoms with Crippen molar-refractivity contribution in [3.63, 3.8) is 0 Å². The van der Waals surface area contributed by atoms with Crippen LogP contribution in [0.1, 0.15) is 30.1 Å². The summed E-state index contributed by atoms with van der Waals surface area (Å²) >= 11 is 0. The highest BCUT2D eigenvalue weighted by atomic mass is 16.5. The molecule has 0 unspecified atom stereocenters. The van der Waals surface area contributed by atoms with Gasteiger partial charge in [0.05, 0.1) is 5.56 Å². The highest BCUT2D eigenvalue weighted by Gasteiger charge is 2.33. The van der Waals surface area contributed by atoms with Crippen LogP contribution in [0.3, 0.4) is 0 Å². The summed E-state index contributed by atoms with van der Waals surface area (Å²) in [6, 6.07) is 8.75. The molecule has 1 aliphatic rings. The second-order valence-electron chi connectivity index (χ2n) is 4.14. The van der Waals surface area contributed by atoms with Crippen LogP contribution in [-0.4, -0.2) is 17.9 Å². The van der Waals surface area contributed by atoms with Gasteiger partial charge in [0.2, 0.25) is 0 Å². The minimum atomic E-state index is -0.539. The van der Waals surface area contributed by atoms with E-state index in [-0.39, 0.29) is 11.7 Å². The molecule has 0 aliphatic heterocycles. The van der Waals surface area contributed by atoms with Gasteiger partial charge < -0.3 is 4.74 Å². The van der Waals surface area contributed by atoms with Gasteiger partial charge in [-0.3, -0.25) is 4.79 Å². The van der Waals surface area contributed by atoms with Crippen LogP contribution >= 0.6 is 0 Å². The molecular formula is C13H14O3. The third-order valence-electron chi connectivity index (χ3n) is 2.92. The van der Waals surface area contributed by atoms with E-state index < -0.39 is 12.1 Å². The van der Waals surface area contributed by atoms with Crippen molar-refractivity contribution in [1.82, 2.24) is 0 Å². The van der Waals surface area contributed by atoms with E-state index in [9.17, 15) is 9.59 Å². The van der Waals surface area contributed by atoms with E-state index in [4.69, 9.17) is 4.74 Å². The number of hydrogen-bond donors (Lipinski definition) is 0. The average molecular weight is 218 g/mol. The van der Waals surface area contributed by atoms with Crippen molar-refractivity contribution < 1.29 is 14.3 Å². The van der Waals surface area contributed by atoms with E-state index in [0.29, 0.717) is 12.0 Å². The number of rotatable bonds is 2. The molecule has 0 radical (unpaired) electrons. The lowest BCUT2D eigenvalue weighted by Gasteiger charge is -2.10. The fraction of sp³-hybridized carbons (Fsp3) is 0.385. The standard InChI is InChI=1S/C13H14O3/c1-9-7-8-11(12(9)14)16-13(15)10-5-3-2-4-6-10/h2-6,9,11H,7-8H2,1H3/t9-,11+/m1/s1. The van der Waals surface area contributed by atoms with Crippen LogP contribution < -0.4 is 0 Å². The Hall–Kier alpha value is -1.64. The first-order chi connectivity index (χ1) is 7.68. The molecule has 0 N–H and O–H groups in total. The van der Waals surface area contributed by atoms with Crippen molar-refractivity contribution in [2.24, 2.45) is 5.92 Å². The Kier molecular flexibility index (Phi) is 3.04. The average Bonchev–Trinajstić information content (AvgIpc) is 2.62. The Morgan fingerprint density at radius 2 is 1.94 bits per heavy atom. The zero-order valence-electron chi connectivity index (χ0n) is 9.18. The number of carbonyl (C=O) groups excluding carboxylic acids is 2. The van der Waals surface area contributed by atoms with Gasteiger partial charge in [-0.15, -0.1) is 0 Å². The lowest BCUT2D eigenvalue weighted by molar-refractivity contribution is -0.127. The third kappa shape index (κ3) is 2.13. The second-order valence-corrected chi connectivity index (χ2v) is 4.14. The van der Waals surface area contributed by atoms with E-state index in [2.05, 4.69) is 0 Å². The summed E-state index contributed by atoms with van der Waals surface area (Å²) in [5.41, 5.74) is 0.495. The van der Waals surface area contributed by atoms with Crippen LogP contribution in [0.2, 0.25) is 0 Å². The molecule has 0 amide bonds. The molecule has 3 heteroatoms. The zero-order valence-corrected chi connectivity index (χ0v) is 9.18. The van der Waals surface area contributed by atoms with Crippen LogP contribution in [0, 0.1) is 5.92 Å². The molecule has 2 rings (SSSR count). The normalized spacial score (nSPS) is 24.4. The summed E-state index contributed by atoms with van der Waals surface area (Å²) in [6.45, 7) is 1.87. The van der Waals surface area contributed by atoms with E-state index in [0.717, 1.165) is 6.42 Å². The molecule has 0 bridgehead atoms. The fourth-order valence-electron chi connectivity index (χ4n) is 1.89. The van der Waals surface area contributed by atoms with Crippen molar-refractivity contribution in [2.45, 2.75) is 25.9 Å². The number of Topliss-reactive ketones (excluding diaryl/α,β-unsaturated/α-hetero) is 1. The fourth-order valence-corrected chi connectivity index (χ4v) is 1.89. The topological polar surface area (TPSA) is 43.4 Å². The maximum absolute atomic E-state index is 11.7. The summed E-state index contributed by atoms with van der Waals surface area (Å²) in [5.74, 6) is -0.342. The van der Waals surface area contributed by atoms with Crippen LogP contribution in [0.5, 0.6) is 0 Å². The molecule has 2 atom stereocenters. The van der Waals surface area contributed by atoms with E-state index in [1.54, 1.807) is 24.3 Å². The Morgan fingerprint density at radius 3 is 2.50 bits per heavy atom. The van der Waals surface area contributed by atoms with Gasteiger partial charge in [-0.05, 0) is 25.0 Å². The van der Waals surface area contributed by atoms with Crippen molar-refractivity contribution in [3.8, 4) is 0 Å². The summed E-state index contributed by atoms with van der Waals surface area (Å²) in [7, 11) is 0. The molecule has 0 heterocycles. The molecule has 16 heavy (non-hydrogen) atoms. The molecule has 3 nitrogen and oxygen atoms in total. The van der Waals surface area contributed by atoms with Gasteiger partial charge in [-0.2, -0.15) is 0 Å². The van der Waals surface area contributed by atoms with Crippen molar-refractivity contribution in [3.05, 3.63) is 35.9 Å². The van der Waals surface area contributed by atoms with E-state index in [1.165, 1.54) is 0 Å². The summed E-state index contributed by atoms with van der Waals surface area (Å²) < 4.78 is 5.19. The van der Waals surface area contributed by atoms with Crippen LogP contribution in [-0.2, 0) is 9.53 Å². The molecule has 1 aliphatic carbocycles. The largest absolute Gasteiger partial charge is 0.451 e. The predicted octanol–water partition coefficient (Wildman–Crippen LogP) is 2.21. The molecule has 1 fully saturated rings. The Balaban J connectivity index is 2.01. The Bertz CT molecular complexity index is 397. The number of carbonyl (C=O) groups is 2. The van der Waals surface area contributed by atoms with Crippen LogP contribution in [0.4, 0.5) is 0 Å². The predicted molar refractivity (Wildman–Crippen MR) is 59.1 cm³/mol. The van der Waals surface area contributed by atoms with Gasteiger partial charge in [0.25, 0.3) is 0 Å². The van der Waals surface area contributed by atoms with Crippen molar-refractivity contribution >= 4 is 11.8 Å². The van der Waals surface area contributed by atoms with Gasteiger partial charge in [-0.25, -0.2) is 4.79 Å². The zero-order chi connectivity index (χ0) is 11.5. The SMILES string of the molecule is C[C@@H]1CC[C@H](OC(=O)c2ccccc2)C1=O. The number of ether oxygens (including phenoxy) is 1. The van der Waals surface area contributed by atoms with Crippen molar-refractivity contribution in [1.29, 1.82) is 0 Å². The highest BCUT2D eigenvalue weighted by Crippen LogP contribution is 2.24. The molecule has 1 aromatic carbocycles. The minimum absolute atomic E-state index is 0.0218. The first-order valence-corrected chi connectivity index (χ1v) is 5.48. The van der Waals surface area contributed by atoms with Crippen LogP contribution in [0.25, 0.3) is 0 Å².